The Bertz CT molecular complexity index is 456. The largest absolute Gasteiger partial charge is 0.399 e. The summed E-state index contributed by atoms with van der Waals surface area (Å²) in [5.74, 6) is 0. The van der Waals surface area contributed by atoms with Gasteiger partial charge < -0.3 is 16.0 Å². The predicted octanol–water partition coefficient (Wildman–Crippen LogP) is 2.22. The Morgan fingerprint density at radius 2 is 1.65 bits per heavy atom. The summed E-state index contributed by atoms with van der Waals surface area (Å²) in [6, 6.07) is 7.17. The third kappa shape index (κ3) is 3.63. The standard InChI is InChI=1S/C15H24N4O/c1-15(2,3)19-10-8-18(9-11-19)14(20)17-13-6-4-12(16)5-7-13/h4-7H,8-11,16H2,1-3H3,(H,17,20). The topological polar surface area (TPSA) is 61.6 Å². The molecule has 5 nitrogen and oxygen atoms in total. The monoisotopic (exact) mass is 276 g/mol. The molecule has 0 saturated carbocycles. The number of nitrogen functional groups attached to an aromatic ring is 1. The molecule has 110 valence electrons. The molecule has 1 heterocycles. The summed E-state index contributed by atoms with van der Waals surface area (Å²) >= 11 is 0. The molecule has 2 rings (SSSR count). The Morgan fingerprint density at radius 1 is 1.10 bits per heavy atom. The lowest BCUT2D eigenvalue weighted by atomic mass is 10.1. The van der Waals surface area contributed by atoms with Crippen LogP contribution in [0.4, 0.5) is 16.2 Å². The second-order valence-electron chi connectivity index (χ2n) is 6.20. The highest BCUT2D eigenvalue weighted by Gasteiger charge is 2.27. The molecule has 2 amide bonds. The van der Waals surface area contributed by atoms with Crippen molar-refractivity contribution in [3.8, 4) is 0 Å². The molecule has 5 heteroatoms. The van der Waals surface area contributed by atoms with Crippen molar-refractivity contribution in [2.75, 3.05) is 37.2 Å². The SMILES string of the molecule is CC(C)(C)N1CCN(C(=O)Nc2ccc(N)cc2)CC1. The molecule has 1 aromatic rings. The van der Waals surface area contributed by atoms with Crippen molar-refractivity contribution in [2.24, 2.45) is 0 Å². The van der Waals surface area contributed by atoms with E-state index in [0.29, 0.717) is 5.69 Å². The number of nitrogens with zero attached hydrogens (tertiary/aromatic N) is 2. The molecule has 1 fully saturated rings. The summed E-state index contributed by atoms with van der Waals surface area (Å²) in [6.45, 7) is 9.97. The van der Waals surface area contributed by atoms with E-state index in [2.05, 4.69) is 31.0 Å². The number of piperazine rings is 1. The molecule has 0 unspecified atom stereocenters. The average molecular weight is 276 g/mol. The maximum Gasteiger partial charge on any atom is 0.321 e. The Balaban J connectivity index is 1.87. The predicted molar refractivity (Wildman–Crippen MR) is 82.8 cm³/mol. The van der Waals surface area contributed by atoms with Crippen molar-refractivity contribution in [3.05, 3.63) is 24.3 Å². The minimum absolute atomic E-state index is 0.0386. The van der Waals surface area contributed by atoms with Crippen LogP contribution < -0.4 is 11.1 Å². The number of carbonyl (C=O) groups is 1. The summed E-state index contributed by atoms with van der Waals surface area (Å²) in [6.07, 6.45) is 0. The lowest BCUT2D eigenvalue weighted by molar-refractivity contribution is 0.0774. The van der Waals surface area contributed by atoms with Gasteiger partial charge in [-0.1, -0.05) is 0 Å². The molecule has 0 bridgehead atoms. The number of benzene rings is 1. The fourth-order valence-electron chi connectivity index (χ4n) is 2.35. The van der Waals surface area contributed by atoms with E-state index in [1.807, 2.05) is 17.0 Å². The van der Waals surface area contributed by atoms with Gasteiger partial charge in [-0.3, -0.25) is 4.90 Å². The number of nitrogens with two attached hydrogens (primary N) is 1. The summed E-state index contributed by atoms with van der Waals surface area (Å²) in [5.41, 5.74) is 7.27. The number of urea groups is 1. The lowest BCUT2D eigenvalue weighted by Crippen LogP contribution is -2.55. The zero-order valence-electron chi connectivity index (χ0n) is 12.5. The van der Waals surface area contributed by atoms with Gasteiger partial charge in [0.15, 0.2) is 0 Å². The van der Waals surface area contributed by atoms with Crippen molar-refractivity contribution in [1.29, 1.82) is 0 Å². The highest BCUT2D eigenvalue weighted by Crippen LogP contribution is 2.17. The van der Waals surface area contributed by atoms with E-state index in [-0.39, 0.29) is 11.6 Å². The molecule has 1 aliphatic heterocycles. The van der Waals surface area contributed by atoms with Gasteiger partial charge in [0.1, 0.15) is 0 Å². The van der Waals surface area contributed by atoms with Crippen molar-refractivity contribution in [2.45, 2.75) is 26.3 Å². The van der Waals surface area contributed by atoms with Crippen LogP contribution in [0.1, 0.15) is 20.8 Å². The van der Waals surface area contributed by atoms with Crippen molar-refractivity contribution in [1.82, 2.24) is 9.80 Å². The Kier molecular flexibility index (Phi) is 4.18. The van der Waals surface area contributed by atoms with Gasteiger partial charge in [-0.05, 0) is 45.0 Å². The third-order valence-electron chi connectivity index (χ3n) is 3.68. The number of amides is 2. The van der Waals surface area contributed by atoms with Crippen LogP contribution in [0.25, 0.3) is 0 Å². The average Bonchev–Trinajstić information content (AvgIpc) is 2.40. The highest BCUT2D eigenvalue weighted by molar-refractivity contribution is 5.89. The molecule has 1 saturated heterocycles. The Hall–Kier alpha value is -1.75. The van der Waals surface area contributed by atoms with Crippen molar-refractivity contribution < 1.29 is 4.79 Å². The maximum atomic E-state index is 12.2. The van der Waals surface area contributed by atoms with Crippen LogP contribution in [0.2, 0.25) is 0 Å². The number of carbonyl (C=O) groups excluding carboxylic acids is 1. The fourth-order valence-corrected chi connectivity index (χ4v) is 2.35. The first kappa shape index (κ1) is 14.7. The molecular formula is C15H24N4O. The van der Waals surface area contributed by atoms with Crippen LogP contribution in [-0.4, -0.2) is 47.5 Å². The molecule has 0 aromatic heterocycles. The van der Waals surface area contributed by atoms with E-state index in [0.717, 1.165) is 31.9 Å². The van der Waals surface area contributed by atoms with E-state index < -0.39 is 0 Å². The number of nitrogens with one attached hydrogen (secondary N) is 1. The van der Waals surface area contributed by atoms with Gasteiger partial charge in [0, 0.05) is 43.1 Å². The maximum absolute atomic E-state index is 12.2. The smallest absolute Gasteiger partial charge is 0.321 e. The summed E-state index contributed by atoms with van der Waals surface area (Å²) < 4.78 is 0. The zero-order chi connectivity index (χ0) is 14.8. The molecule has 0 aliphatic carbocycles. The van der Waals surface area contributed by atoms with Gasteiger partial charge in [0.25, 0.3) is 0 Å². The summed E-state index contributed by atoms with van der Waals surface area (Å²) in [7, 11) is 0. The van der Waals surface area contributed by atoms with Crippen molar-refractivity contribution >= 4 is 17.4 Å². The van der Waals surface area contributed by atoms with Gasteiger partial charge >= 0.3 is 6.03 Å². The molecule has 20 heavy (non-hydrogen) atoms. The van der Waals surface area contributed by atoms with Crippen LogP contribution in [0, 0.1) is 0 Å². The summed E-state index contributed by atoms with van der Waals surface area (Å²) in [5, 5.41) is 2.91. The molecular weight excluding hydrogens is 252 g/mol. The van der Waals surface area contributed by atoms with Gasteiger partial charge in [0.05, 0.1) is 0 Å². The van der Waals surface area contributed by atoms with E-state index in [4.69, 9.17) is 5.73 Å². The minimum Gasteiger partial charge on any atom is -0.399 e. The Labute approximate surface area is 120 Å². The first-order chi connectivity index (χ1) is 9.36. The first-order valence-corrected chi connectivity index (χ1v) is 7.03. The summed E-state index contributed by atoms with van der Waals surface area (Å²) in [4.78, 5) is 16.4. The van der Waals surface area contributed by atoms with Crippen molar-refractivity contribution in [3.63, 3.8) is 0 Å². The van der Waals surface area contributed by atoms with E-state index in [9.17, 15) is 4.79 Å². The van der Waals surface area contributed by atoms with Crippen LogP contribution >= 0.6 is 0 Å². The fraction of sp³-hybridized carbons (Fsp3) is 0.533. The van der Waals surface area contributed by atoms with E-state index in [1.165, 1.54) is 0 Å². The molecule has 1 aliphatic rings. The van der Waals surface area contributed by atoms with Gasteiger partial charge in [-0.2, -0.15) is 0 Å². The van der Waals surface area contributed by atoms with E-state index in [1.54, 1.807) is 12.1 Å². The second-order valence-corrected chi connectivity index (χ2v) is 6.20. The molecule has 0 spiro atoms. The lowest BCUT2D eigenvalue weighted by Gasteiger charge is -2.42. The minimum atomic E-state index is -0.0386. The van der Waals surface area contributed by atoms with Gasteiger partial charge in [0.2, 0.25) is 0 Å². The number of anilines is 2. The van der Waals surface area contributed by atoms with E-state index >= 15 is 0 Å². The van der Waals surface area contributed by atoms with Crippen LogP contribution in [0.15, 0.2) is 24.3 Å². The molecule has 3 N–H and O–H groups in total. The Morgan fingerprint density at radius 3 is 2.15 bits per heavy atom. The molecule has 0 radical (unpaired) electrons. The highest BCUT2D eigenvalue weighted by atomic mass is 16.2. The second kappa shape index (κ2) is 5.71. The van der Waals surface area contributed by atoms with Gasteiger partial charge in [-0.15, -0.1) is 0 Å². The van der Waals surface area contributed by atoms with Crippen LogP contribution in [-0.2, 0) is 0 Å². The molecule has 1 aromatic carbocycles. The molecule has 0 atom stereocenters. The first-order valence-electron chi connectivity index (χ1n) is 7.03. The number of hydrogen-bond acceptors (Lipinski definition) is 3. The number of rotatable bonds is 1. The van der Waals surface area contributed by atoms with Crippen LogP contribution in [0.5, 0.6) is 0 Å². The zero-order valence-corrected chi connectivity index (χ0v) is 12.5. The quantitative estimate of drug-likeness (QED) is 0.773. The third-order valence-corrected chi connectivity index (χ3v) is 3.68. The van der Waals surface area contributed by atoms with Crippen LogP contribution in [0.3, 0.4) is 0 Å². The van der Waals surface area contributed by atoms with Gasteiger partial charge in [-0.25, -0.2) is 4.79 Å². The number of hydrogen-bond donors (Lipinski definition) is 2. The normalized spacial score (nSPS) is 17.1.